The molecule has 3 nitrogen and oxygen atoms in total. The third-order valence-corrected chi connectivity index (χ3v) is 0.391. The molecule has 0 aromatic heterocycles. The minimum absolute atomic E-state index is 1.01. The van der Waals surface area contributed by atoms with Crippen LogP contribution in [0.25, 0.3) is 0 Å². The zero-order chi connectivity index (χ0) is 5.70. The maximum atomic E-state index is 3.80. The number of nitrogens with zero attached hydrogens (tertiary/aromatic N) is 1. The zero-order valence-corrected chi connectivity index (χ0v) is 4.95. The molecule has 0 unspecified atom stereocenters. The van der Waals surface area contributed by atoms with Crippen LogP contribution in [0.2, 0.25) is 0 Å². The van der Waals surface area contributed by atoms with Gasteiger partial charge in [0.2, 0.25) is 0 Å². The first-order valence-electron chi connectivity index (χ1n) is 2.20. The molecule has 0 amide bonds. The molecule has 7 heavy (non-hydrogen) atoms. The number of rotatable bonds is 2. The fourth-order valence-electron chi connectivity index (χ4n) is 0.168. The molecular formula is C4H11N3. The van der Waals surface area contributed by atoms with Crippen molar-refractivity contribution in [3.05, 3.63) is 0 Å². The predicted molar refractivity (Wildman–Crippen MR) is 31.0 cm³/mol. The van der Waals surface area contributed by atoms with Crippen LogP contribution < -0.4 is 11.0 Å². The lowest BCUT2D eigenvalue weighted by molar-refractivity contribution is 0.632. The number of hydrazone groups is 1. The van der Waals surface area contributed by atoms with Crippen molar-refractivity contribution in [1.82, 2.24) is 11.0 Å². The summed E-state index contributed by atoms with van der Waals surface area (Å²) in [5.41, 5.74) is 6.26. The Bertz CT molecular complexity index is 63.3. The van der Waals surface area contributed by atoms with Crippen LogP contribution in [0, 0.1) is 0 Å². The molecule has 0 heterocycles. The van der Waals surface area contributed by atoms with E-state index in [0.717, 1.165) is 5.71 Å². The van der Waals surface area contributed by atoms with Crippen LogP contribution >= 0.6 is 0 Å². The Hall–Kier alpha value is -0.570. The molecule has 3 heteroatoms. The molecule has 0 aromatic carbocycles. The molecule has 0 rings (SSSR count). The molecule has 0 saturated carbocycles. The van der Waals surface area contributed by atoms with E-state index in [9.17, 15) is 0 Å². The summed E-state index contributed by atoms with van der Waals surface area (Å²) in [6.07, 6.45) is 0. The third-order valence-electron chi connectivity index (χ3n) is 0.391. The lowest BCUT2D eigenvalue weighted by atomic mass is 10.5. The van der Waals surface area contributed by atoms with Crippen LogP contribution in [-0.2, 0) is 0 Å². The molecular weight excluding hydrogens is 90.1 g/mol. The van der Waals surface area contributed by atoms with Gasteiger partial charge >= 0.3 is 0 Å². The topological polar surface area (TPSA) is 36.4 Å². The van der Waals surface area contributed by atoms with Gasteiger partial charge in [-0.1, -0.05) is 0 Å². The molecule has 0 aliphatic rings. The molecule has 2 N–H and O–H groups in total. The summed E-state index contributed by atoms with van der Waals surface area (Å²) in [6, 6.07) is 0. The van der Waals surface area contributed by atoms with Crippen LogP contribution in [0.3, 0.4) is 0 Å². The number of hydrogen-bond donors (Lipinski definition) is 2. The Balaban J connectivity index is 3.08. The van der Waals surface area contributed by atoms with Crippen LogP contribution in [-0.4, -0.2) is 12.8 Å². The highest BCUT2D eigenvalue weighted by Gasteiger charge is 1.69. The molecule has 0 spiro atoms. The predicted octanol–water partition coefficient (Wildman–Crippen LogP) is 0.106. The number of hydrogen-bond acceptors (Lipinski definition) is 3. The normalized spacial score (nSPS) is 7.86. The highest BCUT2D eigenvalue weighted by molar-refractivity contribution is 5.78. The third kappa shape index (κ3) is 5.43. The lowest BCUT2D eigenvalue weighted by Gasteiger charge is -1.92. The van der Waals surface area contributed by atoms with Gasteiger partial charge in [-0.3, -0.25) is 0 Å². The van der Waals surface area contributed by atoms with Crippen molar-refractivity contribution in [2.24, 2.45) is 5.10 Å². The van der Waals surface area contributed by atoms with Crippen molar-refractivity contribution in [2.45, 2.75) is 13.8 Å². The Morgan fingerprint density at radius 1 is 1.43 bits per heavy atom. The highest BCUT2D eigenvalue weighted by Crippen LogP contribution is 1.63. The molecule has 0 saturated heterocycles. The second-order valence-electron chi connectivity index (χ2n) is 1.42. The van der Waals surface area contributed by atoms with Crippen LogP contribution in [0.4, 0.5) is 0 Å². The molecule has 0 aromatic rings. The van der Waals surface area contributed by atoms with E-state index in [0.29, 0.717) is 0 Å². The summed E-state index contributed by atoms with van der Waals surface area (Å²) >= 11 is 0. The molecule has 0 aliphatic heterocycles. The molecule has 0 bridgehead atoms. The smallest absolute Gasteiger partial charge is 0.0332 e. The van der Waals surface area contributed by atoms with E-state index in [4.69, 9.17) is 0 Å². The summed E-state index contributed by atoms with van der Waals surface area (Å²) < 4.78 is 0. The minimum Gasteiger partial charge on any atom is -0.243 e. The fraction of sp³-hybridized carbons (Fsp3) is 0.750. The molecule has 0 fully saturated rings. The SMILES string of the molecule is CNNN=C(C)C. The fourth-order valence-corrected chi connectivity index (χ4v) is 0.168. The average molecular weight is 101 g/mol. The largest absolute Gasteiger partial charge is 0.243 e. The van der Waals surface area contributed by atoms with Crippen molar-refractivity contribution in [1.29, 1.82) is 0 Å². The van der Waals surface area contributed by atoms with Gasteiger partial charge in [0.05, 0.1) is 0 Å². The average Bonchev–Trinajstić information content (AvgIpc) is 1.61. The van der Waals surface area contributed by atoms with Crippen molar-refractivity contribution < 1.29 is 0 Å². The van der Waals surface area contributed by atoms with E-state index in [-0.39, 0.29) is 0 Å². The Labute approximate surface area is 43.8 Å². The first-order valence-corrected chi connectivity index (χ1v) is 2.20. The standard InChI is InChI=1S/C4H11N3/c1-4(2)6-7-5-3/h5,7H,1-3H3. The summed E-state index contributed by atoms with van der Waals surface area (Å²) in [4.78, 5) is 0. The van der Waals surface area contributed by atoms with Crippen molar-refractivity contribution in [3.63, 3.8) is 0 Å². The second-order valence-corrected chi connectivity index (χ2v) is 1.42. The van der Waals surface area contributed by atoms with E-state index < -0.39 is 0 Å². The van der Waals surface area contributed by atoms with Crippen molar-refractivity contribution in [3.8, 4) is 0 Å². The van der Waals surface area contributed by atoms with E-state index in [1.165, 1.54) is 0 Å². The minimum atomic E-state index is 1.01. The van der Waals surface area contributed by atoms with Crippen LogP contribution in [0.5, 0.6) is 0 Å². The van der Waals surface area contributed by atoms with E-state index in [2.05, 4.69) is 16.1 Å². The maximum absolute atomic E-state index is 3.80. The van der Waals surface area contributed by atoms with Crippen molar-refractivity contribution >= 4 is 5.71 Å². The van der Waals surface area contributed by atoms with E-state index in [1.807, 2.05) is 13.8 Å². The first kappa shape index (κ1) is 6.43. The van der Waals surface area contributed by atoms with Gasteiger partial charge in [-0.2, -0.15) is 5.10 Å². The Kier molecular flexibility index (Phi) is 3.32. The molecule has 0 atom stereocenters. The van der Waals surface area contributed by atoms with E-state index >= 15 is 0 Å². The Morgan fingerprint density at radius 3 is 2.14 bits per heavy atom. The summed E-state index contributed by atoms with van der Waals surface area (Å²) in [5.74, 6) is 0. The number of hydrazine groups is 1. The molecule has 42 valence electrons. The van der Waals surface area contributed by atoms with Gasteiger partial charge < -0.3 is 0 Å². The van der Waals surface area contributed by atoms with Gasteiger partial charge in [0.25, 0.3) is 0 Å². The van der Waals surface area contributed by atoms with Gasteiger partial charge in [0.1, 0.15) is 0 Å². The highest BCUT2D eigenvalue weighted by atomic mass is 15.5. The van der Waals surface area contributed by atoms with Gasteiger partial charge in [-0.05, 0) is 13.8 Å². The quantitative estimate of drug-likeness (QED) is 0.382. The van der Waals surface area contributed by atoms with Crippen LogP contribution in [0.1, 0.15) is 13.8 Å². The Morgan fingerprint density at radius 2 is 2.00 bits per heavy atom. The lowest BCUT2D eigenvalue weighted by Crippen LogP contribution is -2.22. The van der Waals surface area contributed by atoms with Gasteiger partial charge in [0, 0.05) is 12.8 Å². The second kappa shape index (κ2) is 3.61. The number of nitrogens with one attached hydrogen (secondary N) is 2. The van der Waals surface area contributed by atoms with Gasteiger partial charge in [-0.15, -0.1) is 0 Å². The molecule has 0 aliphatic carbocycles. The van der Waals surface area contributed by atoms with Crippen molar-refractivity contribution in [2.75, 3.05) is 7.05 Å². The van der Waals surface area contributed by atoms with Gasteiger partial charge in [0.15, 0.2) is 0 Å². The van der Waals surface area contributed by atoms with E-state index in [1.54, 1.807) is 7.05 Å². The summed E-state index contributed by atoms with van der Waals surface area (Å²) in [7, 11) is 1.77. The zero-order valence-electron chi connectivity index (χ0n) is 4.95. The van der Waals surface area contributed by atoms with Gasteiger partial charge in [-0.25, -0.2) is 11.0 Å². The monoisotopic (exact) mass is 101 g/mol. The summed E-state index contributed by atoms with van der Waals surface area (Å²) in [5, 5.41) is 3.80. The first-order chi connectivity index (χ1) is 3.27. The molecule has 0 radical (unpaired) electrons. The van der Waals surface area contributed by atoms with Crippen LogP contribution in [0.15, 0.2) is 5.10 Å². The maximum Gasteiger partial charge on any atom is 0.0332 e. The summed E-state index contributed by atoms with van der Waals surface area (Å²) in [6.45, 7) is 3.84.